The normalized spacial score (nSPS) is 17.3. The molecule has 1 atom stereocenters. The molecular formula is C18H19N3O2S. The lowest BCUT2D eigenvalue weighted by Crippen LogP contribution is -2.45. The van der Waals surface area contributed by atoms with Crippen molar-refractivity contribution < 1.29 is 9.59 Å². The number of carbonyl (C=O) groups is 2. The van der Waals surface area contributed by atoms with Crippen LogP contribution < -0.4 is 16.0 Å². The van der Waals surface area contributed by atoms with Crippen LogP contribution in [0.5, 0.6) is 0 Å². The summed E-state index contributed by atoms with van der Waals surface area (Å²) in [5.74, 6) is -0.217. The standard InChI is InChI=1S/C18H19N3O2S/c1-10-6-7-13(11(2)9-10)20-17(22)15-12(3)19-18(23)21-16(15)14-5-4-8-24-14/h4-9,16H,1-3H3,(H,20,22)(H2,19,21,23)/t16-/m0/s1. The Hall–Kier alpha value is -2.60. The number of carbonyl (C=O) groups excluding carboxylic acids is 2. The number of anilines is 1. The monoisotopic (exact) mass is 341 g/mol. The molecule has 0 radical (unpaired) electrons. The number of urea groups is 1. The van der Waals surface area contributed by atoms with Crippen LogP contribution in [0.3, 0.4) is 0 Å². The van der Waals surface area contributed by atoms with Crippen molar-refractivity contribution in [3.05, 3.63) is 63.0 Å². The molecule has 6 heteroatoms. The van der Waals surface area contributed by atoms with Crippen LogP contribution in [0.15, 0.2) is 47.0 Å². The molecule has 5 nitrogen and oxygen atoms in total. The van der Waals surface area contributed by atoms with Crippen LogP contribution in [-0.2, 0) is 4.79 Å². The van der Waals surface area contributed by atoms with Gasteiger partial charge in [-0.3, -0.25) is 4.79 Å². The molecule has 1 aliphatic rings. The van der Waals surface area contributed by atoms with Crippen molar-refractivity contribution in [2.75, 3.05) is 5.32 Å². The fraction of sp³-hybridized carbons (Fsp3) is 0.222. The summed E-state index contributed by atoms with van der Waals surface area (Å²) < 4.78 is 0. The minimum atomic E-state index is -0.440. The molecule has 0 bridgehead atoms. The van der Waals surface area contributed by atoms with Crippen LogP contribution in [0.4, 0.5) is 10.5 Å². The Kier molecular flexibility index (Phi) is 4.40. The first-order chi connectivity index (χ1) is 11.5. The first-order valence-corrected chi connectivity index (χ1v) is 8.54. The second kappa shape index (κ2) is 6.49. The summed E-state index contributed by atoms with van der Waals surface area (Å²) in [6, 6.07) is 8.96. The number of nitrogens with one attached hydrogen (secondary N) is 3. The molecule has 3 N–H and O–H groups in total. The van der Waals surface area contributed by atoms with E-state index in [1.807, 2.05) is 49.6 Å². The highest BCUT2D eigenvalue weighted by Crippen LogP contribution is 2.30. The van der Waals surface area contributed by atoms with Crippen molar-refractivity contribution in [3.8, 4) is 0 Å². The summed E-state index contributed by atoms with van der Waals surface area (Å²) in [6.07, 6.45) is 0. The lowest BCUT2D eigenvalue weighted by molar-refractivity contribution is -0.113. The van der Waals surface area contributed by atoms with Crippen molar-refractivity contribution in [1.82, 2.24) is 10.6 Å². The topological polar surface area (TPSA) is 70.2 Å². The Morgan fingerprint density at radius 1 is 1.21 bits per heavy atom. The molecule has 3 amide bonds. The van der Waals surface area contributed by atoms with Crippen molar-refractivity contribution in [1.29, 1.82) is 0 Å². The van der Waals surface area contributed by atoms with E-state index in [2.05, 4.69) is 16.0 Å². The summed E-state index contributed by atoms with van der Waals surface area (Å²) in [6.45, 7) is 5.72. The number of hydrogen-bond donors (Lipinski definition) is 3. The molecule has 1 aliphatic heterocycles. The summed E-state index contributed by atoms with van der Waals surface area (Å²) in [7, 11) is 0. The molecule has 0 unspecified atom stereocenters. The molecule has 2 aromatic rings. The van der Waals surface area contributed by atoms with Gasteiger partial charge in [-0.1, -0.05) is 23.8 Å². The fourth-order valence-electron chi connectivity index (χ4n) is 2.81. The second-order valence-corrected chi connectivity index (χ2v) is 6.84. The van der Waals surface area contributed by atoms with E-state index in [-0.39, 0.29) is 11.9 Å². The predicted octanol–water partition coefficient (Wildman–Crippen LogP) is 3.63. The lowest BCUT2D eigenvalue weighted by atomic mass is 10.00. The maximum atomic E-state index is 12.9. The van der Waals surface area contributed by atoms with E-state index in [0.717, 1.165) is 21.7 Å². The average molecular weight is 341 g/mol. The highest BCUT2D eigenvalue weighted by atomic mass is 32.1. The number of aryl methyl sites for hydroxylation is 2. The van der Waals surface area contributed by atoms with E-state index in [1.54, 1.807) is 6.92 Å². The van der Waals surface area contributed by atoms with Crippen LogP contribution in [0.2, 0.25) is 0 Å². The Bertz CT molecular complexity index is 825. The van der Waals surface area contributed by atoms with E-state index in [0.29, 0.717) is 11.3 Å². The van der Waals surface area contributed by atoms with Crippen LogP contribution in [-0.4, -0.2) is 11.9 Å². The van der Waals surface area contributed by atoms with Gasteiger partial charge in [-0.15, -0.1) is 11.3 Å². The van der Waals surface area contributed by atoms with Crippen molar-refractivity contribution in [2.24, 2.45) is 0 Å². The zero-order chi connectivity index (χ0) is 17.3. The molecule has 1 aromatic carbocycles. The molecule has 3 rings (SSSR count). The average Bonchev–Trinajstić information content (AvgIpc) is 3.03. The third-order valence-corrected chi connectivity index (χ3v) is 4.91. The Morgan fingerprint density at radius 3 is 2.67 bits per heavy atom. The van der Waals surface area contributed by atoms with Gasteiger partial charge >= 0.3 is 6.03 Å². The molecule has 0 saturated carbocycles. The van der Waals surface area contributed by atoms with Gasteiger partial charge in [-0.05, 0) is 43.8 Å². The second-order valence-electron chi connectivity index (χ2n) is 5.86. The molecule has 1 aromatic heterocycles. The van der Waals surface area contributed by atoms with E-state index in [4.69, 9.17) is 0 Å². The number of hydrogen-bond acceptors (Lipinski definition) is 3. The van der Waals surface area contributed by atoms with E-state index in [1.165, 1.54) is 11.3 Å². The highest BCUT2D eigenvalue weighted by Gasteiger charge is 2.31. The molecule has 2 heterocycles. The van der Waals surface area contributed by atoms with Gasteiger partial charge < -0.3 is 16.0 Å². The van der Waals surface area contributed by atoms with Crippen LogP contribution in [0.25, 0.3) is 0 Å². The summed E-state index contributed by atoms with van der Waals surface area (Å²) in [5.41, 5.74) is 4.01. The summed E-state index contributed by atoms with van der Waals surface area (Å²) in [5, 5.41) is 10.4. The minimum Gasteiger partial charge on any atom is -0.326 e. The van der Waals surface area contributed by atoms with E-state index < -0.39 is 6.04 Å². The smallest absolute Gasteiger partial charge is 0.319 e. The predicted molar refractivity (Wildman–Crippen MR) is 96.0 cm³/mol. The van der Waals surface area contributed by atoms with Crippen molar-refractivity contribution in [3.63, 3.8) is 0 Å². The summed E-state index contributed by atoms with van der Waals surface area (Å²) in [4.78, 5) is 25.6. The number of thiophene rings is 1. The fourth-order valence-corrected chi connectivity index (χ4v) is 3.59. The molecular weight excluding hydrogens is 322 g/mol. The number of rotatable bonds is 3. The zero-order valence-electron chi connectivity index (χ0n) is 13.8. The van der Waals surface area contributed by atoms with Crippen molar-refractivity contribution >= 4 is 29.0 Å². The number of allylic oxidation sites excluding steroid dienone is 1. The van der Waals surface area contributed by atoms with Crippen LogP contribution in [0, 0.1) is 13.8 Å². The molecule has 0 fully saturated rings. The van der Waals surface area contributed by atoms with Crippen LogP contribution >= 0.6 is 11.3 Å². The SMILES string of the molecule is CC1=C(C(=O)Nc2ccc(C)cc2C)[C@H](c2cccs2)NC(=O)N1. The number of amides is 3. The first-order valence-electron chi connectivity index (χ1n) is 7.66. The van der Waals surface area contributed by atoms with Gasteiger partial charge in [0, 0.05) is 16.3 Å². The van der Waals surface area contributed by atoms with Gasteiger partial charge in [0.2, 0.25) is 0 Å². The van der Waals surface area contributed by atoms with Gasteiger partial charge in [-0.2, -0.15) is 0 Å². The minimum absolute atomic E-state index is 0.217. The van der Waals surface area contributed by atoms with Gasteiger partial charge in [0.05, 0.1) is 11.6 Å². The molecule has 24 heavy (non-hydrogen) atoms. The Balaban J connectivity index is 1.93. The molecule has 0 saturated heterocycles. The Morgan fingerprint density at radius 2 is 2.00 bits per heavy atom. The molecule has 0 spiro atoms. The quantitative estimate of drug-likeness (QED) is 0.798. The molecule has 0 aliphatic carbocycles. The maximum Gasteiger partial charge on any atom is 0.319 e. The maximum absolute atomic E-state index is 12.9. The van der Waals surface area contributed by atoms with Gasteiger partial charge in [0.25, 0.3) is 5.91 Å². The molecule has 124 valence electrons. The van der Waals surface area contributed by atoms with Gasteiger partial charge in [0.15, 0.2) is 0 Å². The first kappa shape index (κ1) is 16.3. The highest BCUT2D eigenvalue weighted by molar-refractivity contribution is 7.10. The summed E-state index contributed by atoms with van der Waals surface area (Å²) >= 11 is 1.51. The Labute approximate surface area is 144 Å². The van der Waals surface area contributed by atoms with E-state index >= 15 is 0 Å². The largest absolute Gasteiger partial charge is 0.326 e. The van der Waals surface area contributed by atoms with E-state index in [9.17, 15) is 9.59 Å². The van der Waals surface area contributed by atoms with Gasteiger partial charge in [0.1, 0.15) is 0 Å². The lowest BCUT2D eigenvalue weighted by Gasteiger charge is -2.27. The van der Waals surface area contributed by atoms with Gasteiger partial charge in [-0.25, -0.2) is 4.79 Å². The van der Waals surface area contributed by atoms with Crippen molar-refractivity contribution in [2.45, 2.75) is 26.8 Å². The zero-order valence-corrected chi connectivity index (χ0v) is 14.6. The third-order valence-electron chi connectivity index (χ3n) is 3.97. The third kappa shape index (κ3) is 3.19. The van der Waals surface area contributed by atoms with Crippen LogP contribution in [0.1, 0.15) is 29.0 Å². The number of benzene rings is 1.